The lowest BCUT2D eigenvalue weighted by molar-refractivity contribution is -0.890. The third-order valence-corrected chi connectivity index (χ3v) is 3.79. The highest BCUT2D eigenvalue weighted by Gasteiger charge is 2.16. The van der Waals surface area contributed by atoms with Crippen LogP contribution in [0.3, 0.4) is 0 Å². The monoisotopic (exact) mass is 296 g/mol. The van der Waals surface area contributed by atoms with Crippen molar-refractivity contribution in [1.29, 1.82) is 0 Å². The van der Waals surface area contributed by atoms with E-state index in [4.69, 9.17) is 10.8 Å². The molecule has 0 radical (unpaired) electrons. The topological polar surface area (TPSA) is 121 Å². The Balaban J connectivity index is 3.82. The van der Waals surface area contributed by atoms with E-state index >= 15 is 0 Å². The van der Waals surface area contributed by atoms with Crippen molar-refractivity contribution in [3.8, 4) is 0 Å². The van der Waals surface area contributed by atoms with Crippen LogP contribution in [0.25, 0.3) is 0 Å². The van der Waals surface area contributed by atoms with Gasteiger partial charge in [-0.2, -0.15) is 0 Å². The molecule has 114 valence electrons. The molecule has 0 rings (SSSR count). The summed E-state index contributed by atoms with van der Waals surface area (Å²) in [5.41, 5.74) is 5.39. The first-order valence-electron chi connectivity index (χ1n) is 6.27. The molecule has 0 aromatic carbocycles. The van der Waals surface area contributed by atoms with Crippen molar-refractivity contribution in [1.82, 2.24) is 0 Å². The molecular weight excluding hydrogens is 272 g/mol. The van der Waals surface area contributed by atoms with Gasteiger partial charge in [-0.1, -0.05) is 0 Å². The Bertz CT molecular complexity index is 381. The molecule has 0 aliphatic carbocycles. The lowest BCUT2D eigenvalue weighted by Gasteiger charge is -2.30. The molecule has 0 aromatic heterocycles. The van der Waals surface area contributed by atoms with Crippen LogP contribution in [-0.2, 0) is 14.9 Å². The molecule has 0 aromatic rings. The van der Waals surface area contributed by atoms with Gasteiger partial charge in [0.05, 0.1) is 37.3 Å². The van der Waals surface area contributed by atoms with E-state index in [1.54, 1.807) is 0 Å². The van der Waals surface area contributed by atoms with Crippen LogP contribution in [0.4, 0.5) is 0 Å². The lowest BCUT2D eigenvalue weighted by atomic mass is 10.1. The molecule has 7 nitrogen and oxygen atoms in total. The maximum Gasteiger partial charge on any atom is 0.320 e. The van der Waals surface area contributed by atoms with E-state index in [-0.39, 0.29) is 5.75 Å². The highest BCUT2D eigenvalue weighted by molar-refractivity contribution is 7.85. The predicted molar refractivity (Wildman–Crippen MR) is 70.5 cm³/mol. The average molecular weight is 296 g/mol. The number of nitrogens with zero attached hydrogens (tertiary/aromatic N) is 1. The molecule has 0 amide bonds. The third-order valence-electron chi connectivity index (χ3n) is 3.00. The summed E-state index contributed by atoms with van der Waals surface area (Å²) in [6.07, 6.45) is 2.31. The highest BCUT2D eigenvalue weighted by Crippen LogP contribution is 2.07. The summed E-state index contributed by atoms with van der Waals surface area (Å²) < 4.78 is 32.1. The van der Waals surface area contributed by atoms with Crippen LogP contribution in [0.1, 0.15) is 25.7 Å². The summed E-state index contributed by atoms with van der Waals surface area (Å²) in [5, 5.41) is 8.62. The molecule has 0 spiro atoms. The number of carboxylic acids is 1. The minimum Gasteiger partial charge on any atom is -0.748 e. The standard InChI is InChI=1S/C11H24N2O5S/c1-13(2,8-5-9-19(16,17)18)7-4-3-6-10(12)11(14)15/h10H,3-9,12H2,1-2H3,(H-,14,15,16,17,18)/t10-/m0/s1. The molecular formula is C11H24N2O5S. The second-order valence-electron chi connectivity index (χ2n) is 5.44. The van der Waals surface area contributed by atoms with Crippen molar-refractivity contribution >= 4 is 16.1 Å². The first-order chi connectivity index (χ1) is 8.53. The highest BCUT2D eigenvalue weighted by atomic mass is 32.2. The van der Waals surface area contributed by atoms with Gasteiger partial charge in [0.2, 0.25) is 0 Å². The fourth-order valence-electron chi connectivity index (χ4n) is 1.81. The minimum absolute atomic E-state index is 0.335. The van der Waals surface area contributed by atoms with E-state index in [1.165, 1.54) is 0 Å². The maximum absolute atomic E-state index is 10.5. The average Bonchev–Trinajstić information content (AvgIpc) is 2.21. The molecule has 3 N–H and O–H groups in total. The number of carboxylic acid groups (broad SMARTS) is 1. The third kappa shape index (κ3) is 10.9. The van der Waals surface area contributed by atoms with Crippen LogP contribution >= 0.6 is 0 Å². The van der Waals surface area contributed by atoms with E-state index in [2.05, 4.69) is 0 Å². The molecule has 8 heteroatoms. The number of carbonyl (C=O) groups is 1. The van der Waals surface area contributed by atoms with Gasteiger partial charge >= 0.3 is 5.97 Å². The molecule has 0 bridgehead atoms. The Morgan fingerprint density at radius 2 is 1.79 bits per heavy atom. The Labute approximate surface area is 114 Å². The number of unbranched alkanes of at least 4 members (excludes halogenated alkanes) is 1. The van der Waals surface area contributed by atoms with E-state index in [0.29, 0.717) is 23.9 Å². The first-order valence-corrected chi connectivity index (χ1v) is 7.85. The van der Waals surface area contributed by atoms with Crippen LogP contribution in [-0.4, -0.2) is 67.5 Å². The second kappa shape index (κ2) is 7.78. The van der Waals surface area contributed by atoms with E-state index in [0.717, 1.165) is 19.4 Å². The van der Waals surface area contributed by atoms with Gasteiger partial charge in [-0.3, -0.25) is 4.79 Å². The second-order valence-corrected chi connectivity index (χ2v) is 6.96. The summed E-state index contributed by atoms with van der Waals surface area (Å²) in [7, 11) is -0.228. The molecule has 0 aliphatic rings. The molecule has 0 saturated heterocycles. The molecule has 0 unspecified atom stereocenters. The first kappa shape index (κ1) is 18.3. The van der Waals surface area contributed by atoms with Crippen LogP contribution in [0.2, 0.25) is 0 Å². The molecule has 0 aliphatic heterocycles. The van der Waals surface area contributed by atoms with E-state index in [1.807, 2.05) is 14.1 Å². The largest absolute Gasteiger partial charge is 0.748 e. The SMILES string of the molecule is C[N+](C)(CCCC[C@H](N)C(=O)O)CCCS(=O)(=O)[O-]. The van der Waals surface area contributed by atoms with Gasteiger partial charge in [0.25, 0.3) is 0 Å². The summed E-state index contributed by atoms with van der Waals surface area (Å²) in [6, 6.07) is -0.818. The quantitative estimate of drug-likeness (QED) is 0.321. The zero-order valence-electron chi connectivity index (χ0n) is 11.5. The van der Waals surface area contributed by atoms with Crippen molar-refractivity contribution in [3.05, 3.63) is 0 Å². The molecule has 0 fully saturated rings. The summed E-state index contributed by atoms with van der Waals surface area (Å²) in [5.74, 6) is -1.33. The van der Waals surface area contributed by atoms with Gasteiger partial charge in [0.15, 0.2) is 0 Å². The number of nitrogens with two attached hydrogens (primary N) is 1. The van der Waals surface area contributed by atoms with Gasteiger partial charge in [-0.25, -0.2) is 8.42 Å². The lowest BCUT2D eigenvalue weighted by Crippen LogP contribution is -2.42. The van der Waals surface area contributed by atoms with E-state index in [9.17, 15) is 17.8 Å². The fraction of sp³-hybridized carbons (Fsp3) is 0.909. The number of hydrogen-bond acceptors (Lipinski definition) is 5. The zero-order valence-corrected chi connectivity index (χ0v) is 12.4. The maximum atomic E-state index is 10.5. The molecule has 1 atom stereocenters. The Hall–Kier alpha value is -0.700. The summed E-state index contributed by atoms with van der Waals surface area (Å²) in [4.78, 5) is 10.5. The fourth-order valence-corrected chi connectivity index (χ4v) is 2.29. The van der Waals surface area contributed by atoms with Gasteiger partial charge in [0, 0.05) is 12.2 Å². The van der Waals surface area contributed by atoms with Crippen molar-refractivity contribution < 1.29 is 27.4 Å². The van der Waals surface area contributed by atoms with Crippen molar-refractivity contribution in [2.24, 2.45) is 5.73 Å². The van der Waals surface area contributed by atoms with Gasteiger partial charge in [0.1, 0.15) is 6.04 Å². The Morgan fingerprint density at radius 1 is 1.26 bits per heavy atom. The number of rotatable bonds is 10. The minimum atomic E-state index is -4.13. The van der Waals surface area contributed by atoms with Crippen LogP contribution < -0.4 is 5.73 Å². The van der Waals surface area contributed by atoms with Crippen molar-refractivity contribution in [3.63, 3.8) is 0 Å². The molecule has 0 heterocycles. The molecule has 19 heavy (non-hydrogen) atoms. The van der Waals surface area contributed by atoms with Gasteiger partial charge in [-0.05, 0) is 19.3 Å². The van der Waals surface area contributed by atoms with Gasteiger partial charge < -0.3 is 19.9 Å². The summed E-state index contributed by atoms with van der Waals surface area (Å²) in [6.45, 7) is 1.40. The number of quaternary nitrogens is 1. The summed E-state index contributed by atoms with van der Waals surface area (Å²) >= 11 is 0. The van der Waals surface area contributed by atoms with Gasteiger partial charge in [-0.15, -0.1) is 0 Å². The normalized spacial score (nSPS) is 14.3. The van der Waals surface area contributed by atoms with Crippen LogP contribution in [0.15, 0.2) is 0 Å². The van der Waals surface area contributed by atoms with Crippen LogP contribution in [0.5, 0.6) is 0 Å². The number of hydrogen-bond donors (Lipinski definition) is 2. The Morgan fingerprint density at radius 3 is 2.26 bits per heavy atom. The predicted octanol–water partition coefficient (Wildman–Crippen LogP) is -0.420. The van der Waals surface area contributed by atoms with Crippen molar-refractivity contribution in [2.75, 3.05) is 32.9 Å². The number of aliphatic carboxylic acids is 1. The van der Waals surface area contributed by atoms with Crippen molar-refractivity contribution in [2.45, 2.75) is 31.7 Å². The zero-order chi connectivity index (χ0) is 15.1. The van der Waals surface area contributed by atoms with E-state index < -0.39 is 22.1 Å². The molecule has 0 saturated carbocycles. The smallest absolute Gasteiger partial charge is 0.320 e. The Kier molecular flexibility index (Phi) is 7.50. The van der Waals surface area contributed by atoms with Crippen LogP contribution in [0, 0.1) is 0 Å².